The van der Waals surface area contributed by atoms with Gasteiger partial charge in [0.15, 0.2) is 0 Å². The van der Waals surface area contributed by atoms with Gasteiger partial charge in [-0.3, -0.25) is 9.69 Å². The lowest BCUT2D eigenvalue weighted by atomic mass is 10.2. The Labute approximate surface area is 97.9 Å². The monoisotopic (exact) mass is 229 g/mol. The summed E-state index contributed by atoms with van der Waals surface area (Å²) in [6.45, 7) is 3.76. The Balaban J connectivity index is 2.21. The molecule has 0 unspecified atom stereocenters. The van der Waals surface area contributed by atoms with Gasteiger partial charge in [0.1, 0.15) is 5.78 Å². The maximum Gasteiger partial charge on any atom is 0.149 e. The molecule has 0 aliphatic heterocycles. The first kappa shape index (κ1) is 13.6. The molecule has 1 aliphatic rings. The Morgan fingerprint density at radius 1 is 1.19 bits per heavy atom. The smallest absolute Gasteiger partial charge is 0.149 e. The highest BCUT2D eigenvalue weighted by Gasteiger charge is 2.30. The molecule has 0 aromatic heterocycles. The molecule has 1 saturated carbocycles. The summed E-state index contributed by atoms with van der Waals surface area (Å²) in [5.41, 5.74) is 0. The van der Waals surface area contributed by atoms with E-state index in [9.17, 15) is 4.79 Å². The van der Waals surface area contributed by atoms with Crippen LogP contribution in [0.2, 0.25) is 0 Å². The first-order valence-corrected chi connectivity index (χ1v) is 6.01. The van der Waals surface area contributed by atoms with Crippen LogP contribution in [-0.4, -0.2) is 57.8 Å². The van der Waals surface area contributed by atoms with E-state index in [-0.39, 0.29) is 0 Å². The summed E-state index contributed by atoms with van der Waals surface area (Å²) in [6, 6.07) is 0. The first-order valence-electron chi connectivity index (χ1n) is 6.01. The van der Waals surface area contributed by atoms with Crippen LogP contribution in [-0.2, 0) is 14.3 Å². The van der Waals surface area contributed by atoms with Gasteiger partial charge in [0.25, 0.3) is 0 Å². The largest absolute Gasteiger partial charge is 0.385 e. The lowest BCUT2D eigenvalue weighted by Gasteiger charge is -2.20. The van der Waals surface area contributed by atoms with Gasteiger partial charge in [-0.05, 0) is 19.3 Å². The summed E-state index contributed by atoms with van der Waals surface area (Å²) in [6.07, 6.45) is 3.15. The van der Waals surface area contributed by atoms with Crippen molar-refractivity contribution in [1.82, 2.24) is 4.90 Å². The minimum Gasteiger partial charge on any atom is -0.385 e. The van der Waals surface area contributed by atoms with Crippen molar-refractivity contribution in [2.24, 2.45) is 5.92 Å². The van der Waals surface area contributed by atoms with Crippen molar-refractivity contribution in [2.45, 2.75) is 19.3 Å². The van der Waals surface area contributed by atoms with Crippen LogP contribution in [0.5, 0.6) is 0 Å². The summed E-state index contributed by atoms with van der Waals surface area (Å²) in [7, 11) is 3.39. The van der Waals surface area contributed by atoms with Gasteiger partial charge in [-0.15, -0.1) is 0 Å². The molecule has 0 amide bonds. The van der Waals surface area contributed by atoms with Crippen LogP contribution in [0.15, 0.2) is 0 Å². The topological polar surface area (TPSA) is 38.8 Å². The van der Waals surface area contributed by atoms with Gasteiger partial charge in [0, 0.05) is 39.8 Å². The molecule has 1 fully saturated rings. The molecule has 0 heterocycles. The van der Waals surface area contributed by atoms with E-state index in [1.54, 1.807) is 14.2 Å². The predicted molar refractivity (Wildman–Crippen MR) is 62.5 cm³/mol. The summed E-state index contributed by atoms with van der Waals surface area (Å²) < 4.78 is 10.1. The molecule has 0 bridgehead atoms. The highest BCUT2D eigenvalue weighted by Crippen LogP contribution is 2.29. The molecule has 0 aromatic carbocycles. The summed E-state index contributed by atoms with van der Waals surface area (Å²) >= 11 is 0. The molecule has 0 aromatic rings. The Kier molecular flexibility index (Phi) is 6.61. The fraction of sp³-hybridized carbons (Fsp3) is 0.917. The van der Waals surface area contributed by atoms with Crippen LogP contribution in [0, 0.1) is 5.92 Å². The van der Waals surface area contributed by atoms with Crippen LogP contribution in [0.4, 0.5) is 0 Å². The number of hydrogen-bond acceptors (Lipinski definition) is 4. The number of methoxy groups -OCH3 is 2. The lowest BCUT2D eigenvalue weighted by Crippen LogP contribution is -2.34. The van der Waals surface area contributed by atoms with E-state index in [4.69, 9.17) is 9.47 Å². The van der Waals surface area contributed by atoms with Gasteiger partial charge in [0.05, 0.1) is 13.2 Å². The molecule has 1 rings (SSSR count). The minimum absolute atomic E-state index is 0.354. The predicted octanol–water partition coefficient (Wildman–Crippen LogP) is 0.950. The second-order valence-corrected chi connectivity index (χ2v) is 4.36. The molecule has 94 valence electrons. The van der Waals surface area contributed by atoms with Crippen molar-refractivity contribution < 1.29 is 14.3 Å². The fourth-order valence-electron chi connectivity index (χ4n) is 1.68. The van der Waals surface area contributed by atoms with Crippen LogP contribution >= 0.6 is 0 Å². The zero-order chi connectivity index (χ0) is 11.8. The SMILES string of the molecule is COCCCN(CCOC)CC(=O)C1CC1. The van der Waals surface area contributed by atoms with Crippen LogP contribution in [0.1, 0.15) is 19.3 Å². The van der Waals surface area contributed by atoms with E-state index >= 15 is 0 Å². The molecule has 0 saturated heterocycles. The molecule has 0 N–H and O–H groups in total. The maximum atomic E-state index is 11.7. The van der Waals surface area contributed by atoms with E-state index in [0.29, 0.717) is 24.9 Å². The number of carbonyl (C=O) groups is 1. The Hall–Kier alpha value is -0.450. The molecule has 1 aliphatic carbocycles. The second-order valence-electron chi connectivity index (χ2n) is 4.36. The number of carbonyl (C=O) groups excluding carboxylic acids is 1. The number of rotatable bonds is 10. The average molecular weight is 229 g/mol. The number of Topliss-reactive ketones (excluding diaryl/α,β-unsaturated/α-hetero) is 1. The number of ether oxygens (including phenoxy) is 2. The van der Waals surface area contributed by atoms with Crippen LogP contribution in [0.25, 0.3) is 0 Å². The summed E-state index contributed by atoms with van der Waals surface area (Å²) in [4.78, 5) is 13.9. The molecule has 0 radical (unpaired) electrons. The van der Waals surface area contributed by atoms with Gasteiger partial charge >= 0.3 is 0 Å². The third-order valence-corrected chi connectivity index (χ3v) is 2.85. The normalized spacial score (nSPS) is 15.7. The Morgan fingerprint density at radius 3 is 2.44 bits per heavy atom. The summed E-state index contributed by atoms with van der Waals surface area (Å²) in [5.74, 6) is 0.751. The van der Waals surface area contributed by atoms with Gasteiger partial charge in [-0.25, -0.2) is 0 Å². The second kappa shape index (κ2) is 7.76. The lowest BCUT2D eigenvalue weighted by molar-refractivity contribution is -0.121. The van der Waals surface area contributed by atoms with Gasteiger partial charge in [-0.2, -0.15) is 0 Å². The van der Waals surface area contributed by atoms with Gasteiger partial charge in [0.2, 0.25) is 0 Å². The third-order valence-electron chi connectivity index (χ3n) is 2.85. The van der Waals surface area contributed by atoms with E-state index in [1.807, 2.05) is 0 Å². The molecule has 16 heavy (non-hydrogen) atoms. The molecule has 0 atom stereocenters. The molecule has 0 spiro atoms. The van der Waals surface area contributed by atoms with Crippen molar-refractivity contribution in [2.75, 3.05) is 47.1 Å². The standard InChI is InChI=1S/C12H23NO3/c1-15-8-3-6-13(7-9-16-2)10-12(14)11-4-5-11/h11H,3-10H2,1-2H3. The molecule has 4 heteroatoms. The fourth-order valence-corrected chi connectivity index (χ4v) is 1.68. The molecular weight excluding hydrogens is 206 g/mol. The van der Waals surface area contributed by atoms with Crippen LogP contribution < -0.4 is 0 Å². The van der Waals surface area contributed by atoms with Crippen LogP contribution in [0.3, 0.4) is 0 Å². The van der Waals surface area contributed by atoms with E-state index in [2.05, 4.69) is 4.90 Å². The third kappa shape index (κ3) is 5.58. The zero-order valence-corrected chi connectivity index (χ0v) is 10.4. The van der Waals surface area contributed by atoms with Crippen molar-refractivity contribution in [3.63, 3.8) is 0 Å². The van der Waals surface area contributed by atoms with E-state index in [1.165, 1.54) is 0 Å². The number of ketones is 1. The highest BCUT2D eigenvalue weighted by atomic mass is 16.5. The van der Waals surface area contributed by atoms with Crippen molar-refractivity contribution in [3.05, 3.63) is 0 Å². The molecular formula is C12H23NO3. The molecule has 4 nitrogen and oxygen atoms in total. The quantitative estimate of drug-likeness (QED) is 0.523. The minimum atomic E-state index is 0.354. The highest BCUT2D eigenvalue weighted by molar-refractivity contribution is 5.84. The van der Waals surface area contributed by atoms with E-state index < -0.39 is 0 Å². The zero-order valence-electron chi connectivity index (χ0n) is 10.4. The number of nitrogens with zero attached hydrogens (tertiary/aromatic N) is 1. The average Bonchev–Trinajstić information content (AvgIpc) is 3.09. The van der Waals surface area contributed by atoms with E-state index in [0.717, 1.165) is 39.0 Å². The first-order chi connectivity index (χ1) is 7.77. The van der Waals surface area contributed by atoms with Crippen molar-refractivity contribution in [1.29, 1.82) is 0 Å². The van der Waals surface area contributed by atoms with Gasteiger partial charge in [-0.1, -0.05) is 0 Å². The summed E-state index contributed by atoms with van der Waals surface area (Å²) in [5, 5.41) is 0. The number of hydrogen-bond donors (Lipinski definition) is 0. The van der Waals surface area contributed by atoms with Gasteiger partial charge < -0.3 is 9.47 Å². The van der Waals surface area contributed by atoms with Crippen molar-refractivity contribution >= 4 is 5.78 Å². The van der Waals surface area contributed by atoms with Crippen molar-refractivity contribution in [3.8, 4) is 0 Å². The Morgan fingerprint density at radius 2 is 1.88 bits per heavy atom. The Bertz CT molecular complexity index is 204. The maximum absolute atomic E-state index is 11.7.